The summed E-state index contributed by atoms with van der Waals surface area (Å²) in [5.41, 5.74) is 0.613. The Morgan fingerprint density at radius 1 is 1.22 bits per heavy atom. The molecule has 1 aliphatic rings. The molecular weight excluding hydrogens is 403 g/mol. The minimum atomic E-state index is -1.07. The van der Waals surface area contributed by atoms with Gasteiger partial charge in [0.15, 0.2) is 5.13 Å². The van der Waals surface area contributed by atoms with Crippen LogP contribution in [0.25, 0.3) is 10.2 Å². The summed E-state index contributed by atoms with van der Waals surface area (Å²) in [5.74, 6) is 0.435. The van der Waals surface area contributed by atoms with E-state index >= 15 is 0 Å². The Balaban J connectivity index is 1.87. The number of anilines is 2. The van der Waals surface area contributed by atoms with Crippen molar-refractivity contribution in [1.29, 1.82) is 0 Å². The summed E-state index contributed by atoms with van der Waals surface area (Å²) in [4.78, 5) is 19.8. The number of fused-ring (bicyclic) bond motifs is 1. The highest BCUT2D eigenvalue weighted by molar-refractivity contribution is 7.22. The second-order valence-electron chi connectivity index (χ2n) is 6.72. The molecule has 1 atom stereocenters. The molecule has 1 heterocycles. The quantitative estimate of drug-likeness (QED) is 0.479. The van der Waals surface area contributed by atoms with Gasteiger partial charge in [0, 0.05) is 0 Å². The number of amides is 1. The largest absolute Gasteiger partial charge is 0.492 e. The highest BCUT2D eigenvalue weighted by Gasteiger charge is 2.69. The lowest BCUT2D eigenvalue weighted by Crippen LogP contribution is -2.35. The van der Waals surface area contributed by atoms with E-state index in [4.69, 9.17) is 27.9 Å². The van der Waals surface area contributed by atoms with Gasteiger partial charge in [-0.05, 0) is 44.5 Å². The van der Waals surface area contributed by atoms with Gasteiger partial charge in [-0.3, -0.25) is 9.69 Å². The molecule has 3 aromatic rings. The van der Waals surface area contributed by atoms with Crippen molar-refractivity contribution in [3.8, 4) is 5.75 Å². The van der Waals surface area contributed by atoms with Crippen LogP contribution in [0, 0.1) is 5.41 Å². The lowest BCUT2D eigenvalue weighted by Gasteiger charge is -2.26. The van der Waals surface area contributed by atoms with Gasteiger partial charge in [-0.15, -0.1) is 23.2 Å². The number of aromatic nitrogens is 1. The highest BCUT2D eigenvalue weighted by Crippen LogP contribution is 2.65. The van der Waals surface area contributed by atoms with Crippen LogP contribution in [0.1, 0.15) is 20.3 Å². The highest BCUT2D eigenvalue weighted by atomic mass is 35.5. The molecule has 4 rings (SSSR count). The van der Waals surface area contributed by atoms with E-state index in [1.807, 2.05) is 55.5 Å². The number of hydrogen-bond donors (Lipinski definition) is 0. The van der Waals surface area contributed by atoms with E-state index in [1.165, 1.54) is 11.3 Å². The molecule has 0 radical (unpaired) electrons. The number of thiazole rings is 1. The molecule has 1 saturated carbocycles. The number of benzene rings is 2. The summed E-state index contributed by atoms with van der Waals surface area (Å²) in [5, 5.41) is 0.575. The first-order valence-electron chi connectivity index (χ1n) is 8.67. The maximum atomic E-state index is 13.5. The minimum Gasteiger partial charge on any atom is -0.492 e. The van der Waals surface area contributed by atoms with Gasteiger partial charge < -0.3 is 4.74 Å². The Morgan fingerprint density at radius 2 is 1.89 bits per heavy atom. The summed E-state index contributed by atoms with van der Waals surface area (Å²) in [6.07, 6.45) is 0.403. The van der Waals surface area contributed by atoms with E-state index in [1.54, 1.807) is 11.8 Å². The SMILES string of the molecule is CCOc1ccccc1N(C(=O)C1(C)CC1(Cl)Cl)c1nc2ccccc2s1. The Kier molecular flexibility index (Phi) is 4.57. The summed E-state index contributed by atoms with van der Waals surface area (Å²) >= 11 is 14.1. The molecule has 7 heteroatoms. The molecule has 1 aliphatic carbocycles. The molecule has 0 N–H and O–H groups in total. The zero-order valence-electron chi connectivity index (χ0n) is 14.9. The standard InChI is InChI=1S/C20H18Cl2N2O2S/c1-3-26-15-10-6-5-9-14(15)24(17(25)19(2)12-20(19,21)22)18-23-13-8-4-7-11-16(13)27-18/h4-11H,3,12H2,1-2H3. The van der Waals surface area contributed by atoms with Gasteiger partial charge in [0.25, 0.3) is 0 Å². The van der Waals surface area contributed by atoms with E-state index in [0.29, 0.717) is 29.6 Å². The number of alkyl halides is 2. The molecule has 1 aromatic heterocycles. The fourth-order valence-corrected chi connectivity index (χ4v) is 4.73. The molecule has 1 fully saturated rings. The van der Waals surface area contributed by atoms with Gasteiger partial charge in [-0.2, -0.15) is 0 Å². The van der Waals surface area contributed by atoms with Crippen LogP contribution in [0.5, 0.6) is 5.75 Å². The number of halogens is 2. The maximum absolute atomic E-state index is 13.5. The molecule has 0 saturated heterocycles. The van der Waals surface area contributed by atoms with Gasteiger partial charge in [-0.1, -0.05) is 35.6 Å². The van der Waals surface area contributed by atoms with Gasteiger partial charge in [0.05, 0.1) is 27.9 Å². The Bertz CT molecular complexity index is 987. The average Bonchev–Trinajstić information content (AvgIpc) is 2.98. The number of hydrogen-bond acceptors (Lipinski definition) is 4. The van der Waals surface area contributed by atoms with Crippen molar-refractivity contribution in [3.63, 3.8) is 0 Å². The minimum absolute atomic E-state index is 0.182. The third-order valence-corrected chi connectivity index (χ3v) is 6.94. The summed E-state index contributed by atoms with van der Waals surface area (Å²) < 4.78 is 5.70. The van der Waals surface area contributed by atoms with Crippen LogP contribution in [0.3, 0.4) is 0 Å². The number of ether oxygens (including phenoxy) is 1. The van der Waals surface area contributed by atoms with Gasteiger partial charge in [0.1, 0.15) is 10.1 Å². The zero-order valence-corrected chi connectivity index (χ0v) is 17.2. The summed E-state index contributed by atoms with van der Waals surface area (Å²) in [6.45, 7) is 4.19. The smallest absolute Gasteiger partial charge is 0.242 e. The molecule has 0 aliphatic heterocycles. The van der Waals surface area contributed by atoms with Crippen molar-refractivity contribution < 1.29 is 9.53 Å². The van der Waals surface area contributed by atoms with E-state index in [-0.39, 0.29) is 5.91 Å². The fourth-order valence-electron chi connectivity index (χ4n) is 3.05. The van der Waals surface area contributed by atoms with Crippen LogP contribution in [-0.4, -0.2) is 21.8 Å². The van der Waals surface area contributed by atoms with Crippen LogP contribution >= 0.6 is 34.5 Å². The lowest BCUT2D eigenvalue weighted by atomic mass is 10.1. The van der Waals surface area contributed by atoms with Crippen molar-refractivity contribution in [1.82, 2.24) is 4.98 Å². The van der Waals surface area contributed by atoms with Gasteiger partial charge in [-0.25, -0.2) is 4.98 Å². The van der Waals surface area contributed by atoms with Crippen molar-refractivity contribution in [2.24, 2.45) is 5.41 Å². The number of para-hydroxylation sites is 3. The normalized spacial score (nSPS) is 20.4. The maximum Gasteiger partial charge on any atom is 0.242 e. The molecular formula is C20H18Cl2N2O2S. The molecule has 27 heavy (non-hydrogen) atoms. The third kappa shape index (κ3) is 3.08. The first-order chi connectivity index (χ1) is 12.9. The zero-order chi connectivity index (χ0) is 19.2. The molecule has 140 valence electrons. The second-order valence-corrected chi connectivity index (χ2v) is 9.21. The van der Waals surface area contributed by atoms with Crippen LogP contribution < -0.4 is 9.64 Å². The van der Waals surface area contributed by atoms with Gasteiger partial charge in [0.2, 0.25) is 5.91 Å². The number of carbonyl (C=O) groups is 1. The van der Waals surface area contributed by atoms with E-state index < -0.39 is 9.75 Å². The number of rotatable bonds is 5. The van der Waals surface area contributed by atoms with Crippen molar-refractivity contribution >= 4 is 61.5 Å². The number of carbonyl (C=O) groups excluding carboxylic acids is 1. The van der Waals surface area contributed by atoms with Crippen LogP contribution in [-0.2, 0) is 4.79 Å². The lowest BCUT2D eigenvalue weighted by molar-refractivity contribution is -0.122. The summed E-state index contributed by atoms with van der Waals surface area (Å²) in [6, 6.07) is 15.2. The Hall–Kier alpha value is -1.82. The second kappa shape index (κ2) is 6.66. The van der Waals surface area contributed by atoms with Crippen molar-refractivity contribution in [2.75, 3.05) is 11.5 Å². The average molecular weight is 421 g/mol. The molecule has 0 bridgehead atoms. The van der Waals surface area contributed by atoms with E-state index in [0.717, 1.165) is 10.2 Å². The summed E-state index contributed by atoms with van der Waals surface area (Å²) in [7, 11) is 0. The predicted molar refractivity (Wildman–Crippen MR) is 112 cm³/mol. The van der Waals surface area contributed by atoms with Crippen LogP contribution in [0.15, 0.2) is 48.5 Å². The fraction of sp³-hybridized carbons (Fsp3) is 0.300. The molecule has 0 spiro atoms. The van der Waals surface area contributed by atoms with Gasteiger partial charge >= 0.3 is 0 Å². The van der Waals surface area contributed by atoms with Crippen LogP contribution in [0.4, 0.5) is 10.8 Å². The van der Waals surface area contributed by atoms with E-state index in [2.05, 4.69) is 4.98 Å². The van der Waals surface area contributed by atoms with Crippen molar-refractivity contribution in [2.45, 2.75) is 24.6 Å². The van der Waals surface area contributed by atoms with Crippen molar-refractivity contribution in [3.05, 3.63) is 48.5 Å². The third-order valence-electron chi connectivity index (χ3n) is 4.81. The molecule has 1 amide bonds. The Morgan fingerprint density at radius 3 is 2.56 bits per heavy atom. The predicted octanol–water partition coefficient (Wildman–Crippen LogP) is 5.94. The molecule has 2 aromatic carbocycles. The molecule has 1 unspecified atom stereocenters. The van der Waals surface area contributed by atoms with Crippen LogP contribution in [0.2, 0.25) is 0 Å². The first kappa shape index (κ1) is 18.5. The first-order valence-corrected chi connectivity index (χ1v) is 10.2. The Labute approximate surface area is 171 Å². The number of nitrogens with zero attached hydrogens (tertiary/aromatic N) is 2. The monoisotopic (exact) mass is 420 g/mol. The topological polar surface area (TPSA) is 42.4 Å². The van der Waals surface area contributed by atoms with E-state index in [9.17, 15) is 4.79 Å². The molecule has 4 nitrogen and oxygen atoms in total.